The first-order chi connectivity index (χ1) is 14.2. The molecule has 0 spiro atoms. The number of nitrogens with zero attached hydrogens (tertiary/aromatic N) is 2. The SMILES string of the molecule is C=C/C=C(\C=N/NCCCC)N(CCC)C(=O)c1ccc(C2CCCCC2)cc1. The molecular weight excluding hydrogens is 358 g/mol. The van der Waals surface area contributed by atoms with Gasteiger partial charge >= 0.3 is 0 Å². The number of hydrogen-bond donors (Lipinski definition) is 1. The van der Waals surface area contributed by atoms with E-state index in [4.69, 9.17) is 0 Å². The van der Waals surface area contributed by atoms with Gasteiger partial charge in [0.05, 0.1) is 11.9 Å². The summed E-state index contributed by atoms with van der Waals surface area (Å²) in [6, 6.07) is 8.25. The van der Waals surface area contributed by atoms with Gasteiger partial charge in [-0.2, -0.15) is 5.10 Å². The lowest BCUT2D eigenvalue weighted by Crippen LogP contribution is -2.32. The molecule has 0 unspecified atom stereocenters. The second kappa shape index (κ2) is 13.0. The summed E-state index contributed by atoms with van der Waals surface area (Å²) in [5.74, 6) is 0.660. The van der Waals surface area contributed by atoms with Crippen molar-refractivity contribution in [1.29, 1.82) is 0 Å². The standard InChI is InChI=1S/C25H37N3O/c1-4-7-18-26-27-20-24(11-5-2)28(19-6-3)25(29)23-16-14-22(15-17-23)21-12-9-8-10-13-21/h5,11,14-17,20-21,26H,2,4,6-10,12-13,18-19H2,1,3H3/b24-11+,27-20-. The Bertz CT molecular complexity index is 685. The van der Waals surface area contributed by atoms with E-state index in [1.165, 1.54) is 37.7 Å². The summed E-state index contributed by atoms with van der Waals surface area (Å²) in [5.41, 5.74) is 5.90. The lowest BCUT2D eigenvalue weighted by atomic mass is 9.84. The van der Waals surface area contributed by atoms with E-state index in [-0.39, 0.29) is 5.91 Å². The van der Waals surface area contributed by atoms with Gasteiger partial charge in [0.1, 0.15) is 0 Å². The molecule has 4 heteroatoms. The maximum absolute atomic E-state index is 13.2. The first-order valence-corrected chi connectivity index (χ1v) is 11.2. The lowest BCUT2D eigenvalue weighted by molar-refractivity contribution is 0.0814. The Morgan fingerprint density at radius 1 is 1.17 bits per heavy atom. The normalized spacial score (nSPS) is 15.4. The molecule has 1 saturated carbocycles. The first kappa shape index (κ1) is 22.9. The average Bonchev–Trinajstić information content (AvgIpc) is 2.77. The van der Waals surface area contributed by atoms with Gasteiger partial charge in [0.15, 0.2) is 0 Å². The number of allylic oxidation sites excluding steroid dienone is 3. The molecule has 0 radical (unpaired) electrons. The number of carbonyl (C=O) groups excluding carboxylic acids is 1. The van der Waals surface area contributed by atoms with Gasteiger partial charge in [0.2, 0.25) is 0 Å². The minimum absolute atomic E-state index is 0.00940. The number of hydrazone groups is 1. The Morgan fingerprint density at radius 2 is 1.90 bits per heavy atom. The Kier molecular flexibility index (Phi) is 10.3. The van der Waals surface area contributed by atoms with Crippen molar-refractivity contribution in [2.45, 2.75) is 71.1 Å². The quantitative estimate of drug-likeness (QED) is 0.215. The molecule has 4 nitrogen and oxygen atoms in total. The minimum Gasteiger partial charge on any atom is -0.310 e. The fourth-order valence-corrected chi connectivity index (χ4v) is 3.82. The van der Waals surface area contributed by atoms with Gasteiger partial charge in [-0.3, -0.25) is 4.79 Å². The van der Waals surface area contributed by atoms with Crippen LogP contribution in [0, 0.1) is 0 Å². The largest absolute Gasteiger partial charge is 0.310 e. The zero-order valence-corrected chi connectivity index (χ0v) is 18.2. The van der Waals surface area contributed by atoms with E-state index >= 15 is 0 Å². The van der Waals surface area contributed by atoms with Crippen LogP contribution in [-0.4, -0.2) is 30.1 Å². The van der Waals surface area contributed by atoms with Crippen LogP contribution in [0.2, 0.25) is 0 Å². The summed E-state index contributed by atoms with van der Waals surface area (Å²) in [6.07, 6.45) is 14.9. The molecule has 0 aromatic heterocycles. The molecule has 0 bridgehead atoms. The molecule has 1 aliphatic carbocycles. The smallest absolute Gasteiger partial charge is 0.258 e. The number of hydrogen-bond acceptors (Lipinski definition) is 3. The molecule has 1 aromatic rings. The maximum atomic E-state index is 13.2. The highest BCUT2D eigenvalue weighted by Crippen LogP contribution is 2.32. The zero-order valence-electron chi connectivity index (χ0n) is 18.2. The number of nitrogens with one attached hydrogen (secondary N) is 1. The van der Waals surface area contributed by atoms with Crippen LogP contribution in [0.4, 0.5) is 0 Å². The molecule has 0 saturated heterocycles. The molecule has 1 aromatic carbocycles. The van der Waals surface area contributed by atoms with Crippen molar-refractivity contribution < 1.29 is 4.79 Å². The predicted molar refractivity (Wildman–Crippen MR) is 123 cm³/mol. The summed E-state index contributed by atoms with van der Waals surface area (Å²) in [7, 11) is 0. The molecule has 0 heterocycles. The topological polar surface area (TPSA) is 44.7 Å². The summed E-state index contributed by atoms with van der Waals surface area (Å²) >= 11 is 0. The van der Waals surface area contributed by atoms with Crippen LogP contribution < -0.4 is 5.43 Å². The minimum atomic E-state index is 0.00940. The Hall–Kier alpha value is -2.36. The van der Waals surface area contributed by atoms with Gasteiger partial charge in [0.25, 0.3) is 5.91 Å². The second-order valence-electron chi connectivity index (χ2n) is 7.76. The zero-order chi connectivity index (χ0) is 20.9. The van der Waals surface area contributed by atoms with Gasteiger partial charge in [-0.25, -0.2) is 0 Å². The van der Waals surface area contributed by atoms with Crippen LogP contribution in [0.5, 0.6) is 0 Å². The van der Waals surface area contributed by atoms with Crippen molar-refractivity contribution in [3.8, 4) is 0 Å². The van der Waals surface area contributed by atoms with Crippen LogP contribution in [-0.2, 0) is 0 Å². The van der Waals surface area contributed by atoms with Crippen molar-refractivity contribution in [2.75, 3.05) is 13.1 Å². The van der Waals surface area contributed by atoms with Crippen LogP contribution in [0.1, 0.15) is 87.1 Å². The Balaban J connectivity index is 2.13. The van der Waals surface area contributed by atoms with E-state index in [2.05, 4.69) is 43.1 Å². The van der Waals surface area contributed by atoms with Crippen LogP contribution >= 0.6 is 0 Å². The Morgan fingerprint density at radius 3 is 2.52 bits per heavy atom. The van der Waals surface area contributed by atoms with E-state index in [1.807, 2.05) is 18.2 Å². The van der Waals surface area contributed by atoms with Crippen molar-refractivity contribution >= 4 is 12.1 Å². The summed E-state index contributed by atoms with van der Waals surface area (Å²) in [5, 5.41) is 4.30. The summed E-state index contributed by atoms with van der Waals surface area (Å²) < 4.78 is 0. The highest BCUT2D eigenvalue weighted by atomic mass is 16.2. The molecule has 1 N–H and O–H groups in total. The third-order valence-electron chi connectivity index (χ3n) is 5.46. The fourth-order valence-electron chi connectivity index (χ4n) is 3.82. The number of benzene rings is 1. The van der Waals surface area contributed by atoms with Gasteiger partial charge in [0, 0.05) is 18.7 Å². The molecule has 1 amide bonds. The first-order valence-electron chi connectivity index (χ1n) is 11.2. The third kappa shape index (κ3) is 7.19. The van der Waals surface area contributed by atoms with Crippen LogP contribution in [0.25, 0.3) is 0 Å². The number of rotatable bonds is 11. The molecule has 0 aliphatic heterocycles. The van der Waals surface area contributed by atoms with E-state index in [0.717, 1.165) is 37.1 Å². The maximum Gasteiger partial charge on any atom is 0.258 e. The van der Waals surface area contributed by atoms with Crippen molar-refractivity contribution in [3.05, 3.63) is 59.8 Å². The molecule has 158 valence electrons. The van der Waals surface area contributed by atoms with Crippen molar-refractivity contribution in [3.63, 3.8) is 0 Å². The van der Waals surface area contributed by atoms with Crippen LogP contribution in [0.15, 0.2) is 53.8 Å². The van der Waals surface area contributed by atoms with E-state index in [0.29, 0.717) is 12.5 Å². The highest BCUT2D eigenvalue weighted by Gasteiger charge is 2.20. The average molecular weight is 396 g/mol. The monoisotopic (exact) mass is 395 g/mol. The molecule has 2 rings (SSSR count). The molecule has 1 fully saturated rings. The molecule has 0 atom stereocenters. The van der Waals surface area contributed by atoms with E-state index in [9.17, 15) is 4.79 Å². The van der Waals surface area contributed by atoms with Gasteiger partial charge < -0.3 is 10.3 Å². The Labute approximate surface area is 176 Å². The molecular formula is C25H37N3O. The van der Waals surface area contributed by atoms with Crippen LogP contribution in [0.3, 0.4) is 0 Å². The second-order valence-corrected chi connectivity index (χ2v) is 7.76. The summed E-state index contributed by atoms with van der Waals surface area (Å²) in [4.78, 5) is 15.0. The highest BCUT2D eigenvalue weighted by molar-refractivity contribution is 5.99. The van der Waals surface area contributed by atoms with Crippen molar-refractivity contribution in [2.24, 2.45) is 5.10 Å². The molecule has 29 heavy (non-hydrogen) atoms. The molecule has 1 aliphatic rings. The van der Waals surface area contributed by atoms with Gasteiger partial charge in [-0.15, -0.1) is 0 Å². The van der Waals surface area contributed by atoms with Gasteiger partial charge in [-0.05, 0) is 55.4 Å². The number of unbranched alkanes of at least 4 members (excludes halogenated alkanes) is 1. The lowest BCUT2D eigenvalue weighted by Gasteiger charge is -2.24. The number of carbonyl (C=O) groups is 1. The van der Waals surface area contributed by atoms with E-state index in [1.54, 1.807) is 17.2 Å². The van der Waals surface area contributed by atoms with E-state index < -0.39 is 0 Å². The van der Waals surface area contributed by atoms with Gasteiger partial charge in [-0.1, -0.05) is 64.3 Å². The summed E-state index contributed by atoms with van der Waals surface area (Å²) in [6.45, 7) is 9.50. The number of amides is 1. The predicted octanol–water partition coefficient (Wildman–Crippen LogP) is 6.03. The fraction of sp³-hybridized carbons (Fsp3) is 0.520. The van der Waals surface area contributed by atoms with Crippen molar-refractivity contribution in [1.82, 2.24) is 10.3 Å². The third-order valence-corrected chi connectivity index (χ3v) is 5.46.